The quantitative estimate of drug-likeness (QED) is 0.536. The Morgan fingerprint density at radius 1 is 1.12 bits per heavy atom. The van der Waals surface area contributed by atoms with Gasteiger partial charge in [0.25, 0.3) is 0 Å². The first-order valence-corrected chi connectivity index (χ1v) is 7.12. The minimum atomic E-state index is -4.46. The molecule has 0 saturated heterocycles. The van der Waals surface area contributed by atoms with Gasteiger partial charge in [0.15, 0.2) is 0 Å². The number of nitrogens with zero attached hydrogens (tertiary/aromatic N) is 4. The second-order valence-electron chi connectivity index (χ2n) is 5.10. The summed E-state index contributed by atoms with van der Waals surface area (Å²) in [6, 6.07) is 11.0. The van der Waals surface area contributed by atoms with Crippen molar-refractivity contribution < 1.29 is 22.7 Å². The average Bonchev–Trinajstić information content (AvgIpc) is 3.09. The van der Waals surface area contributed by atoms with Crippen LogP contribution in [-0.4, -0.2) is 26.2 Å². The summed E-state index contributed by atoms with van der Waals surface area (Å²) in [4.78, 5) is 12.0. The van der Waals surface area contributed by atoms with E-state index in [1.54, 1.807) is 24.3 Å². The van der Waals surface area contributed by atoms with Gasteiger partial charge in [-0.1, -0.05) is 24.3 Å². The molecule has 0 saturated carbocycles. The molecule has 2 aromatic carbocycles. The number of hydrogen-bond donors (Lipinski definition) is 0. The van der Waals surface area contributed by atoms with E-state index < -0.39 is 17.7 Å². The SMILES string of the molecule is O=C(Cc1cccc(C(F)(F)F)c1)Oc1cccc(-n2cnnn2)c1. The first-order valence-electron chi connectivity index (χ1n) is 7.12. The van der Waals surface area contributed by atoms with Crippen molar-refractivity contribution >= 4 is 5.97 Å². The van der Waals surface area contributed by atoms with Crippen LogP contribution in [0.1, 0.15) is 11.1 Å². The zero-order valence-electron chi connectivity index (χ0n) is 12.6. The van der Waals surface area contributed by atoms with E-state index in [1.165, 1.54) is 23.1 Å². The van der Waals surface area contributed by atoms with Gasteiger partial charge < -0.3 is 4.74 Å². The molecule has 0 aliphatic carbocycles. The topological polar surface area (TPSA) is 69.9 Å². The zero-order valence-corrected chi connectivity index (χ0v) is 12.6. The van der Waals surface area contributed by atoms with Gasteiger partial charge in [-0.15, -0.1) is 5.10 Å². The number of hydrogen-bond acceptors (Lipinski definition) is 5. The molecule has 25 heavy (non-hydrogen) atoms. The second-order valence-corrected chi connectivity index (χ2v) is 5.10. The Kier molecular flexibility index (Phi) is 4.46. The summed E-state index contributed by atoms with van der Waals surface area (Å²) in [5.41, 5.74) is -0.00990. The number of ether oxygens (including phenoxy) is 1. The molecule has 0 fully saturated rings. The van der Waals surface area contributed by atoms with E-state index >= 15 is 0 Å². The number of tetrazole rings is 1. The predicted molar refractivity (Wildman–Crippen MR) is 79.9 cm³/mol. The van der Waals surface area contributed by atoms with E-state index in [9.17, 15) is 18.0 Å². The molecule has 0 N–H and O–H groups in total. The first-order chi connectivity index (χ1) is 11.9. The summed E-state index contributed by atoms with van der Waals surface area (Å²) in [5.74, 6) is -0.432. The van der Waals surface area contributed by atoms with Crippen LogP contribution < -0.4 is 4.74 Å². The minimum absolute atomic E-state index is 0.219. The van der Waals surface area contributed by atoms with Gasteiger partial charge in [0.2, 0.25) is 0 Å². The molecule has 6 nitrogen and oxygen atoms in total. The Morgan fingerprint density at radius 3 is 2.64 bits per heavy atom. The number of aromatic nitrogens is 4. The van der Waals surface area contributed by atoms with E-state index in [0.717, 1.165) is 12.1 Å². The van der Waals surface area contributed by atoms with Crippen molar-refractivity contribution in [2.24, 2.45) is 0 Å². The molecule has 1 heterocycles. The van der Waals surface area contributed by atoms with Crippen molar-refractivity contribution in [1.29, 1.82) is 0 Å². The highest BCUT2D eigenvalue weighted by atomic mass is 19.4. The Balaban J connectivity index is 1.70. The van der Waals surface area contributed by atoms with Crippen molar-refractivity contribution in [3.63, 3.8) is 0 Å². The fourth-order valence-corrected chi connectivity index (χ4v) is 2.16. The molecule has 0 unspecified atom stereocenters. The Bertz CT molecular complexity index is 879. The summed E-state index contributed by atoms with van der Waals surface area (Å²) in [6.07, 6.45) is -3.36. The first kappa shape index (κ1) is 16.6. The molecule has 128 valence electrons. The van der Waals surface area contributed by atoms with E-state index in [4.69, 9.17) is 4.74 Å². The van der Waals surface area contributed by atoms with Crippen LogP contribution in [-0.2, 0) is 17.4 Å². The molecule has 0 aliphatic rings. The third-order valence-corrected chi connectivity index (χ3v) is 3.27. The van der Waals surface area contributed by atoms with Crippen molar-refractivity contribution in [2.45, 2.75) is 12.6 Å². The van der Waals surface area contributed by atoms with Gasteiger partial charge >= 0.3 is 12.1 Å². The van der Waals surface area contributed by atoms with Gasteiger partial charge in [0.05, 0.1) is 17.7 Å². The van der Waals surface area contributed by atoms with E-state index in [1.807, 2.05) is 0 Å². The lowest BCUT2D eigenvalue weighted by molar-refractivity contribution is -0.138. The van der Waals surface area contributed by atoms with Crippen molar-refractivity contribution in [2.75, 3.05) is 0 Å². The van der Waals surface area contributed by atoms with Crippen LogP contribution in [0.4, 0.5) is 13.2 Å². The summed E-state index contributed by atoms with van der Waals surface area (Å²) in [7, 11) is 0. The molecule has 0 atom stereocenters. The summed E-state index contributed by atoms with van der Waals surface area (Å²) in [5, 5.41) is 10.7. The molecule has 3 rings (SSSR count). The van der Waals surface area contributed by atoms with E-state index in [-0.39, 0.29) is 17.7 Å². The van der Waals surface area contributed by atoms with Crippen LogP contribution in [0.3, 0.4) is 0 Å². The molecule has 0 radical (unpaired) electrons. The number of esters is 1. The largest absolute Gasteiger partial charge is 0.426 e. The van der Waals surface area contributed by atoms with Crippen molar-refractivity contribution in [1.82, 2.24) is 20.2 Å². The van der Waals surface area contributed by atoms with Gasteiger partial charge in [-0.05, 0) is 34.2 Å². The summed E-state index contributed by atoms with van der Waals surface area (Å²) in [6.45, 7) is 0. The summed E-state index contributed by atoms with van der Waals surface area (Å²) < 4.78 is 44.6. The van der Waals surface area contributed by atoms with Crippen molar-refractivity contribution in [3.05, 3.63) is 66.0 Å². The fourth-order valence-electron chi connectivity index (χ4n) is 2.16. The number of carbonyl (C=O) groups is 1. The Hall–Kier alpha value is -3.23. The predicted octanol–water partition coefficient (Wildman–Crippen LogP) is 2.83. The third-order valence-electron chi connectivity index (χ3n) is 3.27. The Morgan fingerprint density at radius 2 is 1.92 bits per heavy atom. The number of rotatable bonds is 4. The molecule has 9 heteroatoms. The van der Waals surface area contributed by atoms with Gasteiger partial charge in [-0.2, -0.15) is 13.2 Å². The smallest absolute Gasteiger partial charge is 0.416 e. The highest BCUT2D eigenvalue weighted by Gasteiger charge is 2.30. The van der Waals surface area contributed by atoms with Gasteiger partial charge in [-0.25, -0.2) is 4.68 Å². The second kappa shape index (κ2) is 6.71. The third kappa shape index (κ3) is 4.19. The monoisotopic (exact) mass is 348 g/mol. The van der Waals surface area contributed by atoms with Gasteiger partial charge in [0.1, 0.15) is 12.1 Å². The minimum Gasteiger partial charge on any atom is -0.426 e. The van der Waals surface area contributed by atoms with Crippen molar-refractivity contribution in [3.8, 4) is 11.4 Å². The number of carbonyl (C=O) groups excluding carboxylic acids is 1. The van der Waals surface area contributed by atoms with Crippen LogP contribution in [0.25, 0.3) is 5.69 Å². The maximum absolute atomic E-state index is 12.7. The normalized spacial score (nSPS) is 11.3. The highest BCUT2D eigenvalue weighted by molar-refractivity contribution is 5.75. The lowest BCUT2D eigenvalue weighted by Gasteiger charge is -2.09. The van der Waals surface area contributed by atoms with Crippen LogP contribution in [0, 0.1) is 0 Å². The molecule has 1 aromatic heterocycles. The lowest BCUT2D eigenvalue weighted by Crippen LogP contribution is -2.12. The zero-order chi connectivity index (χ0) is 17.9. The van der Waals surface area contributed by atoms with Crippen LogP contribution >= 0.6 is 0 Å². The lowest BCUT2D eigenvalue weighted by atomic mass is 10.1. The maximum Gasteiger partial charge on any atom is 0.416 e. The van der Waals surface area contributed by atoms with Gasteiger partial charge in [-0.3, -0.25) is 4.79 Å². The number of benzene rings is 2. The molecule has 3 aromatic rings. The average molecular weight is 348 g/mol. The number of halogens is 3. The summed E-state index contributed by atoms with van der Waals surface area (Å²) >= 11 is 0. The molecule has 0 bridgehead atoms. The highest BCUT2D eigenvalue weighted by Crippen LogP contribution is 2.29. The van der Waals surface area contributed by atoms with Crippen LogP contribution in [0.15, 0.2) is 54.9 Å². The standard InChI is InChI=1S/C16H11F3N4O2/c17-16(18,19)12-4-1-3-11(7-12)8-15(24)25-14-6-2-5-13(9-14)23-10-20-21-22-23/h1-7,9-10H,8H2. The molecule has 0 spiro atoms. The van der Waals surface area contributed by atoms with E-state index in [2.05, 4.69) is 15.5 Å². The molecular formula is C16H11F3N4O2. The molecular weight excluding hydrogens is 337 g/mol. The number of alkyl halides is 3. The van der Waals surface area contributed by atoms with Crippen LogP contribution in [0.5, 0.6) is 5.75 Å². The molecule has 0 aliphatic heterocycles. The Labute approximate surface area is 139 Å². The van der Waals surface area contributed by atoms with Crippen LogP contribution in [0.2, 0.25) is 0 Å². The van der Waals surface area contributed by atoms with Gasteiger partial charge in [0, 0.05) is 6.07 Å². The molecule has 0 amide bonds. The van der Waals surface area contributed by atoms with E-state index in [0.29, 0.717) is 5.69 Å². The maximum atomic E-state index is 12.7. The fraction of sp³-hybridized carbons (Fsp3) is 0.125.